The van der Waals surface area contributed by atoms with E-state index in [2.05, 4.69) is 12.2 Å². The number of amides is 1. The molecular weight excluding hydrogens is 326 g/mol. The third kappa shape index (κ3) is 3.64. The molecule has 0 spiro atoms. The molecule has 6 heteroatoms. The standard InChI is InChI=1S/C18H19NO4S/c1-11-8-12(9-11)19-17(20)14-4-2-3-5-16(14)24-10-15-13(18(21)22)6-7-23-15/h2-7,11-12H,8-10H2,1H3,(H,19,20)(H,21,22). The number of carbonyl (C=O) groups excluding carboxylic acids is 1. The van der Waals surface area contributed by atoms with Crippen LogP contribution in [0.1, 0.15) is 46.2 Å². The van der Waals surface area contributed by atoms with Crippen molar-refractivity contribution in [3.05, 3.63) is 53.5 Å². The van der Waals surface area contributed by atoms with Gasteiger partial charge in [-0.25, -0.2) is 4.79 Å². The molecule has 1 amide bonds. The molecule has 1 aliphatic carbocycles. The summed E-state index contributed by atoms with van der Waals surface area (Å²) in [6.45, 7) is 2.18. The molecule has 24 heavy (non-hydrogen) atoms. The molecule has 126 valence electrons. The molecule has 0 atom stereocenters. The van der Waals surface area contributed by atoms with Gasteiger partial charge < -0.3 is 14.8 Å². The van der Waals surface area contributed by atoms with Crippen LogP contribution in [0, 0.1) is 5.92 Å². The molecule has 5 nitrogen and oxygen atoms in total. The van der Waals surface area contributed by atoms with Crippen molar-refractivity contribution in [2.24, 2.45) is 5.92 Å². The molecule has 1 aromatic heterocycles. The van der Waals surface area contributed by atoms with Crippen LogP contribution in [0.2, 0.25) is 0 Å². The van der Waals surface area contributed by atoms with E-state index in [1.54, 1.807) is 6.07 Å². The molecule has 1 saturated carbocycles. The Balaban J connectivity index is 1.68. The first-order valence-electron chi connectivity index (χ1n) is 7.87. The molecule has 0 radical (unpaired) electrons. The van der Waals surface area contributed by atoms with Crippen LogP contribution in [0.3, 0.4) is 0 Å². The maximum atomic E-state index is 12.5. The van der Waals surface area contributed by atoms with E-state index in [9.17, 15) is 9.59 Å². The van der Waals surface area contributed by atoms with Gasteiger partial charge in [0.2, 0.25) is 0 Å². The molecule has 0 bridgehead atoms. The number of rotatable bonds is 6. The van der Waals surface area contributed by atoms with Gasteiger partial charge in [-0.05, 0) is 37.0 Å². The summed E-state index contributed by atoms with van der Waals surface area (Å²) in [5.41, 5.74) is 0.776. The molecule has 2 aromatic rings. The average Bonchev–Trinajstić information content (AvgIpc) is 3.00. The maximum Gasteiger partial charge on any atom is 0.339 e. The molecule has 1 heterocycles. The van der Waals surface area contributed by atoms with Crippen LogP contribution < -0.4 is 5.32 Å². The Morgan fingerprint density at radius 3 is 2.71 bits per heavy atom. The summed E-state index contributed by atoms with van der Waals surface area (Å²) in [5.74, 6) is 0.348. The SMILES string of the molecule is CC1CC(NC(=O)c2ccccc2SCc2occc2C(=O)O)C1. The zero-order valence-corrected chi connectivity index (χ0v) is 14.1. The minimum Gasteiger partial charge on any atom is -0.478 e. The van der Waals surface area contributed by atoms with E-state index in [1.807, 2.05) is 18.2 Å². The second kappa shape index (κ2) is 7.13. The Morgan fingerprint density at radius 2 is 2.00 bits per heavy atom. The van der Waals surface area contributed by atoms with Crippen molar-refractivity contribution >= 4 is 23.6 Å². The highest BCUT2D eigenvalue weighted by Crippen LogP contribution is 2.30. The van der Waals surface area contributed by atoms with E-state index in [1.165, 1.54) is 24.1 Å². The minimum atomic E-state index is -1.01. The third-order valence-electron chi connectivity index (χ3n) is 4.18. The molecule has 0 aliphatic heterocycles. The summed E-state index contributed by atoms with van der Waals surface area (Å²) >= 11 is 1.40. The Labute approximate surface area is 144 Å². The summed E-state index contributed by atoms with van der Waals surface area (Å²) in [6, 6.07) is 9.05. The third-order valence-corrected chi connectivity index (χ3v) is 5.25. The van der Waals surface area contributed by atoms with Gasteiger partial charge in [-0.1, -0.05) is 19.1 Å². The highest BCUT2D eigenvalue weighted by molar-refractivity contribution is 7.98. The largest absolute Gasteiger partial charge is 0.478 e. The van der Waals surface area contributed by atoms with Crippen LogP contribution in [-0.2, 0) is 5.75 Å². The van der Waals surface area contributed by atoms with Crippen molar-refractivity contribution in [3.63, 3.8) is 0 Å². The number of hydrogen-bond acceptors (Lipinski definition) is 4. The number of thioether (sulfide) groups is 1. The average molecular weight is 345 g/mol. The van der Waals surface area contributed by atoms with E-state index in [4.69, 9.17) is 9.52 Å². The number of benzene rings is 1. The monoisotopic (exact) mass is 345 g/mol. The Morgan fingerprint density at radius 1 is 1.25 bits per heavy atom. The van der Waals surface area contributed by atoms with Crippen LogP contribution in [0.15, 0.2) is 45.9 Å². The van der Waals surface area contributed by atoms with Gasteiger partial charge in [-0.2, -0.15) is 0 Å². The zero-order chi connectivity index (χ0) is 17.1. The Hall–Kier alpha value is -2.21. The predicted octanol–water partition coefficient (Wildman–Crippen LogP) is 3.80. The van der Waals surface area contributed by atoms with E-state index >= 15 is 0 Å². The summed E-state index contributed by atoms with van der Waals surface area (Å²) in [5, 5.41) is 12.2. The number of furan rings is 1. The highest BCUT2D eigenvalue weighted by atomic mass is 32.2. The summed E-state index contributed by atoms with van der Waals surface area (Å²) < 4.78 is 5.25. The van der Waals surface area contributed by atoms with E-state index in [0.717, 1.165) is 17.7 Å². The summed E-state index contributed by atoms with van der Waals surface area (Å²) in [6.07, 6.45) is 3.42. The molecule has 1 aromatic carbocycles. The first kappa shape index (κ1) is 16.6. The van der Waals surface area contributed by atoms with Crippen molar-refractivity contribution in [1.82, 2.24) is 5.32 Å². The van der Waals surface area contributed by atoms with Gasteiger partial charge in [0.15, 0.2) is 0 Å². The number of carboxylic acids is 1. The molecule has 2 N–H and O–H groups in total. The van der Waals surface area contributed by atoms with Crippen LogP contribution in [0.5, 0.6) is 0 Å². The zero-order valence-electron chi connectivity index (χ0n) is 13.3. The van der Waals surface area contributed by atoms with Gasteiger partial charge in [0, 0.05) is 10.9 Å². The van der Waals surface area contributed by atoms with Crippen molar-refractivity contribution in [3.8, 4) is 0 Å². The lowest BCUT2D eigenvalue weighted by atomic mass is 9.82. The number of nitrogens with one attached hydrogen (secondary N) is 1. The second-order valence-electron chi connectivity index (χ2n) is 6.09. The normalized spacial score (nSPS) is 19.5. The molecule has 3 rings (SSSR count). The van der Waals surface area contributed by atoms with Crippen molar-refractivity contribution < 1.29 is 19.1 Å². The van der Waals surface area contributed by atoms with Gasteiger partial charge in [0.25, 0.3) is 5.91 Å². The van der Waals surface area contributed by atoms with Gasteiger partial charge in [0.05, 0.1) is 17.6 Å². The topological polar surface area (TPSA) is 79.5 Å². The summed E-state index contributed by atoms with van der Waals surface area (Å²) in [7, 11) is 0. The van der Waals surface area contributed by atoms with E-state index < -0.39 is 5.97 Å². The molecular formula is C18H19NO4S. The number of carbonyl (C=O) groups is 2. The fraction of sp³-hybridized carbons (Fsp3) is 0.333. The second-order valence-corrected chi connectivity index (χ2v) is 7.11. The van der Waals surface area contributed by atoms with Crippen molar-refractivity contribution in [2.75, 3.05) is 0 Å². The quantitative estimate of drug-likeness (QED) is 0.779. The molecule has 1 fully saturated rings. The number of aromatic carboxylic acids is 1. The lowest BCUT2D eigenvalue weighted by Crippen LogP contribution is -2.43. The van der Waals surface area contributed by atoms with Crippen LogP contribution in [0.4, 0.5) is 0 Å². The molecule has 0 saturated heterocycles. The Kier molecular flexibility index (Phi) is 4.94. The maximum absolute atomic E-state index is 12.5. The van der Waals surface area contributed by atoms with Crippen molar-refractivity contribution in [2.45, 2.75) is 36.5 Å². The lowest BCUT2D eigenvalue weighted by molar-refractivity contribution is 0.0694. The van der Waals surface area contributed by atoms with E-state index in [0.29, 0.717) is 23.0 Å². The predicted molar refractivity (Wildman–Crippen MR) is 91.3 cm³/mol. The minimum absolute atomic E-state index is 0.0760. The fourth-order valence-electron chi connectivity index (χ4n) is 2.85. The van der Waals surface area contributed by atoms with Crippen LogP contribution in [0.25, 0.3) is 0 Å². The van der Waals surface area contributed by atoms with Crippen LogP contribution in [-0.4, -0.2) is 23.0 Å². The summed E-state index contributed by atoms with van der Waals surface area (Å²) in [4.78, 5) is 24.4. The van der Waals surface area contributed by atoms with E-state index in [-0.39, 0.29) is 17.5 Å². The van der Waals surface area contributed by atoms with Gasteiger partial charge in [-0.3, -0.25) is 4.79 Å². The first-order valence-corrected chi connectivity index (χ1v) is 8.85. The number of carboxylic acid groups (broad SMARTS) is 1. The molecule has 1 aliphatic rings. The first-order chi connectivity index (χ1) is 11.5. The molecule has 0 unspecified atom stereocenters. The number of hydrogen-bond donors (Lipinski definition) is 2. The smallest absolute Gasteiger partial charge is 0.339 e. The highest BCUT2D eigenvalue weighted by Gasteiger charge is 2.27. The van der Waals surface area contributed by atoms with Gasteiger partial charge >= 0.3 is 5.97 Å². The van der Waals surface area contributed by atoms with Crippen molar-refractivity contribution in [1.29, 1.82) is 0 Å². The lowest BCUT2D eigenvalue weighted by Gasteiger charge is -2.33. The van der Waals surface area contributed by atoms with Gasteiger partial charge in [-0.15, -0.1) is 11.8 Å². The van der Waals surface area contributed by atoms with Gasteiger partial charge in [0.1, 0.15) is 11.3 Å². The Bertz CT molecular complexity index is 749. The fourth-order valence-corrected chi connectivity index (χ4v) is 3.85. The van der Waals surface area contributed by atoms with Crippen LogP contribution >= 0.6 is 11.8 Å².